The molecule has 0 fully saturated rings. The highest BCUT2D eigenvalue weighted by Crippen LogP contribution is 2.39. The lowest BCUT2D eigenvalue weighted by atomic mass is 10.0. The molecule has 0 spiro atoms. The molecule has 5 nitrogen and oxygen atoms in total. The Morgan fingerprint density at radius 3 is 2.06 bits per heavy atom. The number of nitrogens with zero attached hydrogens (tertiary/aromatic N) is 2. The van der Waals surface area contributed by atoms with Gasteiger partial charge in [0.2, 0.25) is 0 Å². The van der Waals surface area contributed by atoms with Crippen LogP contribution in [0.5, 0.6) is 5.75 Å². The third-order valence-electron chi connectivity index (χ3n) is 5.73. The molecule has 0 aliphatic carbocycles. The number of carbonyl (C=O) groups is 2. The van der Waals surface area contributed by atoms with E-state index in [-0.39, 0.29) is 11.8 Å². The number of amides is 2. The van der Waals surface area contributed by atoms with Crippen LogP contribution in [0.4, 0.5) is 11.4 Å². The summed E-state index contributed by atoms with van der Waals surface area (Å²) in [7, 11) is 3.36. The Bertz CT molecular complexity index is 1180. The predicted molar refractivity (Wildman–Crippen MR) is 128 cm³/mol. The van der Waals surface area contributed by atoms with Crippen molar-refractivity contribution < 1.29 is 14.3 Å². The Morgan fingerprint density at radius 1 is 0.812 bits per heavy atom. The van der Waals surface area contributed by atoms with Crippen LogP contribution in [0.15, 0.2) is 84.6 Å². The molecule has 1 aliphatic rings. The van der Waals surface area contributed by atoms with E-state index in [0.29, 0.717) is 34.2 Å². The Labute approximate surface area is 188 Å². The van der Waals surface area contributed by atoms with E-state index >= 15 is 0 Å². The zero-order valence-electron chi connectivity index (χ0n) is 18.7. The van der Waals surface area contributed by atoms with Gasteiger partial charge in [0.25, 0.3) is 11.8 Å². The largest absolute Gasteiger partial charge is 0.496 e. The third-order valence-corrected chi connectivity index (χ3v) is 5.73. The van der Waals surface area contributed by atoms with Gasteiger partial charge in [-0.25, -0.2) is 4.90 Å². The molecule has 0 radical (unpaired) electrons. The molecule has 3 aromatic carbocycles. The van der Waals surface area contributed by atoms with Gasteiger partial charge in [-0.1, -0.05) is 62.4 Å². The summed E-state index contributed by atoms with van der Waals surface area (Å²) >= 11 is 0. The summed E-state index contributed by atoms with van der Waals surface area (Å²) < 4.78 is 5.52. The van der Waals surface area contributed by atoms with Crippen LogP contribution in [-0.4, -0.2) is 26.0 Å². The second kappa shape index (κ2) is 8.71. The quantitative estimate of drug-likeness (QED) is 0.506. The van der Waals surface area contributed by atoms with Gasteiger partial charge in [0.15, 0.2) is 0 Å². The van der Waals surface area contributed by atoms with Crippen LogP contribution in [0.2, 0.25) is 0 Å². The summed E-state index contributed by atoms with van der Waals surface area (Å²) in [5.74, 6) is 0.171. The molecule has 2 amide bonds. The Morgan fingerprint density at radius 2 is 1.44 bits per heavy atom. The van der Waals surface area contributed by atoms with Gasteiger partial charge in [-0.3, -0.25) is 9.59 Å². The summed E-state index contributed by atoms with van der Waals surface area (Å²) in [5, 5.41) is 0. The van der Waals surface area contributed by atoms with Crippen LogP contribution in [-0.2, 0) is 9.59 Å². The number of likely N-dealkylation sites (N-methyl/N-ethyl adjacent to an activating group) is 1. The van der Waals surface area contributed by atoms with Crippen molar-refractivity contribution >= 4 is 28.8 Å². The van der Waals surface area contributed by atoms with Crippen LogP contribution in [0.25, 0.3) is 5.57 Å². The van der Waals surface area contributed by atoms with Gasteiger partial charge >= 0.3 is 0 Å². The van der Waals surface area contributed by atoms with E-state index in [1.807, 2.05) is 72.8 Å². The van der Waals surface area contributed by atoms with E-state index in [1.165, 1.54) is 4.90 Å². The Hall–Kier alpha value is -3.86. The number of anilines is 2. The average Bonchev–Trinajstić information content (AvgIpc) is 3.08. The van der Waals surface area contributed by atoms with Crippen molar-refractivity contribution in [3.05, 3.63) is 95.7 Å². The molecule has 1 heterocycles. The van der Waals surface area contributed by atoms with Crippen LogP contribution in [0.1, 0.15) is 30.9 Å². The second-order valence-corrected chi connectivity index (χ2v) is 8.01. The lowest BCUT2D eigenvalue weighted by Crippen LogP contribution is -2.34. The van der Waals surface area contributed by atoms with E-state index in [0.717, 1.165) is 11.3 Å². The first-order valence-electron chi connectivity index (χ1n) is 10.6. The highest BCUT2D eigenvalue weighted by molar-refractivity contribution is 6.46. The number of imide groups is 1. The maximum Gasteiger partial charge on any atom is 0.282 e. The van der Waals surface area contributed by atoms with Crippen LogP contribution < -0.4 is 14.5 Å². The van der Waals surface area contributed by atoms with E-state index < -0.39 is 0 Å². The number of hydrogen-bond donors (Lipinski definition) is 0. The summed E-state index contributed by atoms with van der Waals surface area (Å²) in [6, 6.07) is 24.4. The van der Waals surface area contributed by atoms with Crippen molar-refractivity contribution in [2.24, 2.45) is 0 Å². The molecule has 32 heavy (non-hydrogen) atoms. The molecule has 5 heteroatoms. The first-order chi connectivity index (χ1) is 15.4. The smallest absolute Gasteiger partial charge is 0.282 e. The van der Waals surface area contributed by atoms with Crippen molar-refractivity contribution in [3.63, 3.8) is 0 Å². The normalized spacial score (nSPS) is 13.8. The van der Waals surface area contributed by atoms with Gasteiger partial charge in [-0.2, -0.15) is 0 Å². The van der Waals surface area contributed by atoms with E-state index in [1.54, 1.807) is 25.1 Å². The fourth-order valence-corrected chi connectivity index (χ4v) is 3.95. The lowest BCUT2D eigenvalue weighted by Gasteiger charge is -2.22. The van der Waals surface area contributed by atoms with Gasteiger partial charge in [0.1, 0.15) is 11.4 Å². The number of rotatable bonds is 6. The fourth-order valence-electron chi connectivity index (χ4n) is 3.95. The first-order valence-corrected chi connectivity index (χ1v) is 10.6. The Balaban J connectivity index is 1.87. The standard InChI is InChI=1S/C27H26N2O3/c1-18(2)19-14-16-21(17-15-19)29-26(30)24(22-12-8-9-13-23(22)32-4)25(27(29)31)28(3)20-10-6-5-7-11-20/h5-18H,1-4H3. The molecule has 0 N–H and O–H groups in total. The highest BCUT2D eigenvalue weighted by atomic mass is 16.5. The maximum atomic E-state index is 13.7. The van der Waals surface area contributed by atoms with Gasteiger partial charge in [-0.15, -0.1) is 0 Å². The van der Waals surface area contributed by atoms with Crippen LogP contribution in [0.3, 0.4) is 0 Å². The van der Waals surface area contributed by atoms with Crippen molar-refractivity contribution in [3.8, 4) is 5.75 Å². The molecule has 0 bridgehead atoms. The fraction of sp³-hybridized carbons (Fsp3) is 0.185. The average molecular weight is 427 g/mol. The molecule has 0 saturated heterocycles. The van der Waals surface area contributed by atoms with Gasteiger partial charge < -0.3 is 9.64 Å². The van der Waals surface area contributed by atoms with Gasteiger partial charge in [0.05, 0.1) is 18.4 Å². The van der Waals surface area contributed by atoms with E-state index in [4.69, 9.17) is 4.74 Å². The molecule has 0 saturated carbocycles. The monoisotopic (exact) mass is 426 g/mol. The summed E-state index contributed by atoms with van der Waals surface area (Å²) in [6.07, 6.45) is 0. The molecule has 0 unspecified atom stereocenters. The molecule has 4 rings (SSSR count). The summed E-state index contributed by atoms with van der Waals surface area (Å²) in [5.41, 5.74) is 3.74. The zero-order chi connectivity index (χ0) is 22.8. The molecule has 3 aromatic rings. The van der Waals surface area contributed by atoms with Crippen molar-refractivity contribution in [2.75, 3.05) is 24.0 Å². The van der Waals surface area contributed by atoms with Crippen molar-refractivity contribution in [1.29, 1.82) is 0 Å². The molecule has 0 aromatic heterocycles. The Kier molecular flexibility index (Phi) is 5.82. The number of carbonyl (C=O) groups excluding carboxylic acids is 2. The number of para-hydroxylation sites is 2. The molecule has 1 aliphatic heterocycles. The predicted octanol–water partition coefficient (Wildman–Crippen LogP) is 5.24. The minimum absolute atomic E-state index is 0.318. The topological polar surface area (TPSA) is 49.9 Å². The highest BCUT2D eigenvalue weighted by Gasteiger charge is 2.43. The van der Waals surface area contributed by atoms with Crippen LogP contribution >= 0.6 is 0 Å². The number of hydrogen-bond acceptors (Lipinski definition) is 4. The van der Waals surface area contributed by atoms with Crippen molar-refractivity contribution in [2.45, 2.75) is 19.8 Å². The van der Waals surface area contributed by atoms with Crippen molar-refractivity contribution in [1.82, 2.24) is 0 Å². The summed E-state index contributed by atoms with van der Waals surface area (Å²) in [6.45, 7) is 4.21. The number of methoxy groups -OCH3 is 1. The number of benzene rings is 3. The lowest BCUT2D eigenvalue weighted by molar-refractivity contribution is -0.120. The minimum Gasteiger partial charge on any atom is -0.496 e. The van der Waals surface area contributed by atoms with Gasteiger partial charge in [-0.05, 0) is 41.8 Å². The molecular weight excluding hydrogens is 400 g/mol. The molecular formula is C27H26N2O3. The van der Waals surface area contributed by atoms with Crippen LogP contribution in [0, 0.1) is 0 Å². The van der Waals surface area contributed by atoms with Gasteiger partial charge in [0, 0.05) is 18.3 Å². The van der Waals surface area contributed by atoms with E-state index in [9.17, 15) is 9.59 Å². The first kappa shape index (κ1) is 21.4. The molecule has 0 atom stereocenters. The molecule has 162 valence electrons. The maximum absolute atomic E-state index is 13.7. The zero-order valence-corrected chi connectivity index (χ0v) is 18.7. The number of ether oxygens (including phenoxy) is 1. The SMILES string of the molecule is COc1ccccc1C1=C(N(C)c2ccccc2)C(=O)N(c2ccc(C(C)C)cc2)C1=O. The third kappa shape index (κ3) is 3.66. The summed E-state index contributed by atoms with van der Waals surface area (Å²) in [4.78, 5) is 30.4. The minimum atomic E-state index is -0.366. The second-order valence-electron chi connectivity index (χ2n) is 8.01. The van der Waals surface area contributed by atoms with E-state index in [2.05, 4.69) is 13.8 Å².